The van der Waals surface area contributed by atoms with Gasteiger partial charge in [-0.25, -0.2) is 9.78 Å². The standard InChI is InChI=1S/C10H14N2O2S/c1-10(2)5-11-4-6-7(10)12-8(15-6)9(13)14-3/h11H,4-5H2,1-3H3. The third-order valence-corrected chi connectivity index (χ3v) is 3.59. The van der Waals surface area contributed by atoms with Gasteiger partial charge in [-0.05, 0) is 0 Å². The summed E-state index contributed by atoms with van der Waals surface area (Å²) < 4.78 is 4.67. The van der Waals surface area contributed by atoms with Crippen LogP contribution < -0.4 is 5.32 Å². The number of methoxy groups -OCH3 is 1. The Balaban J connectivity index is 2.42. The summed E-state index contributed by atoms with van der Waals surface area (Å²) >= 11 is 1.42. The maximum atomic E-state index is 11.3. The molecule has 1 aliphatic rings. The van der Waals surface area contributed by atoms with Crippen LogP contribution in [-0.4, -0.2) is 24.6 Å². The van der Waals surface area contributed by atoms with Crippen LogP contribution in [0.4, 0.5) is 0 Å². The van der Waals surface area contributed by atoms with E-state index in [0.717, 1.165) is 23.7 Å². The fourth-order valence-corrected chi connectivity index (χ4v) is 2.88. The van der Waals surface area contributed by atoms with Crippen LogP contribution in [0.5, 0.6) is 0 Å². The minimum atomic E-state index is -0.342. The summed E-state index contributed by atoms with van der Waals surface area (Å²) in [6, 6.07) is 0. The highest BCUT2D eigenvalue weighted by atomic mass is 32.1. The first-order valence-electron chi connectivity index (χ1n) is 4.84. The maximum Gasteiger partial charge on any atom is 0.367 e. The van der Waals surface area contributed by atoms with Gasteiger partial charge < -0.3 is 10.1 Å². The highest BCUT2D eigenvalue weighted by Gasteiger charge is 2.32. The maximum absolute atomic E-state index is 11.3. The van der Waals surface area contributed by atoms with E-state index in [1.54, 1.807) is 0 Å². The number of nitrogens with zero attached hydrogens (tertiary/aromatic N) is 1. The smallest absolute Gasteiger partial charge is 0.367 e. The molecule has 0 bridgehead atoms. The van der Waals surface area contributed by atoms with E-state index in [-0.39, 0.29) is 11.4 Å². The van der Waals surface area contributed by atoms with Crippen LogP contribution in [0, 0.1) is 0 Å². The predicted molar refractivity (Wildman–Crippen MR) is 58.2 cm³/mol. The molecule has 1 aromatic rings. The fraction of sp³-hybridized carbons (Fsp3) is 0.600. The lowest BCUT2D eigenvalue weighted by atomic mass is 9.86. The number of aromatic nitrogens is 1. The highest BCUT2D eigenvalue weighted by Crippen LogP contribution is 2.32. The molecular formula is C10H14N2O2S. The molecular weight excluding hydrogens is 212 g/mol. The molecule has 0 fully saturated rings. The SMILES string of the molecule is COC(=O)c1nc2c(s1)CNCC2(C)C. The van der Waals surface area contributed by atoms with E-state index in [4.69, 9.17) is 0 Å². The van der Waals surface area contributed by atoms with Gasteiger partial charge in [-0.15, -0.1) is 11.3 Å². The molecule has 2 heterocycles. The summed E-state index contributed by atoms with van der Waals surface area (Å²) in [5, 5.41) is 3.78. The van der Waals surface area contributed by atoms with Crippen LogP contribution in [0.15, 0.2) is 0 Å². The number of hydrogen-bond acceptors (Lipinski definition) is 5. The molecule has 1 N–H and O–H groups in total. The Bertz CT molecular complexity index is 398. The number of hydrogen-bond donors (Lipinski definition) is 1. The zero-order chi connectivity index (χ0) is 11.1. The van der Waals surface area contributed by atoms with Crippen molar-refractivity contribution in [1.29, 1.82) is 0 Å². The Hall–Kier alpha value is -0.940. The number of carbonyl (C=O) groups excluding carboxylic acids is 1. The number of nitrogens with one attached hydrogen (secondary N) is 1. The van der Waals surface area contributed by atoms with Crippen LogP contribution in [0.1, 0.15) is 34.2 Å². The molecule has 0 aliphatic carbocycles. The third kappa shape index (κ3) is 1.77. The molecule has 5 heteroatoms. The van der Waals surface area contributed by atoms with E-state index < -0.39 is 0 Å². The van der Waals surface area contributed by atoms with Crippen LogP contribution in [0.3, 0.4) is 0 Å². The van der Waals surface area contributed by atoms with E-state index >= 15 is 0 Å². The lowest BCUT2D eigenvalue weighted by Crippen LogP contribution is -2.38. The van der Waals surface area contributed by atoms with Gasteiger partial charge in [0, 0.05) is 23.4 Å². The van der Waals surface area contributed by atoms with Gasteiger partial charge in [-0.1, -0.05) is 13.8 Å². The monoisotopic (exact) mass is 226 g/mol. The second-order valence-electron chi connectivity index (χ2n) is 4.27. The average molecular weight is 226 g/mol. The van der Waals surface area contributed by atoms with Crippen LogP contribution in [0.2, 0.25) is 0 Å². The highest BCUT2D eigenvalue weighted by molar-refractivity contribution is 7.13. The van der Waals surface area contributed by atoms with Crippen molar-refractivity contribution in [1.82, 2.24) is 10.3 Å². The zero-order valence-electron chi connectivity index (χ0n) is 9.09. The Morgan fingerprint density at radius 3 is 2.93 bits per heavy atom. The van der Waals surface area contributed by atoms with E-state index in [1.165, 1.54) is 18.4 Å². The van der Waals surface area contributed by atoms with Gasteiger partial charge in [0.1, 0.15) is 0 Å². The normalized spacial score (nSPS) is 18.3. The fourth-order valence-electron chi connectivity index (χ4n) is 1.75. The molecule has 1 aromatic heterocycles. The lowest BCUT2D eigenvalue weighted by Gasteiger charge is -2.28. The van der Waals surface area contributed by atoms with E-state index in [2.05, 4.69) is 28.9 Å². The lowest BCUT2D eigenvalue weighted by molar-refractivity contribution is 0.0600. The van der Waals surface area contributed by atoms with Crippen molar-refractivity contribution in [2.45, 2.75) is 25.8 Å². The zero-order valence-corrected chi connectivity index (χ0v) is 9.90. The number of fused-ring (bicyclic) bond motifs is 1. The first-order valence-corrected chi connectivity index (χ1v) is 5.65. The van der Waals surface area contributed by atoms with Gasteiger partial charge in [-0.3, -0.25) is 0 Å². The van der Waals surface area contributed by atoms with E-state index in [9.17, 15) is 4.79 Å². The molecule has 82 valence electrons. The molecule has 4 nitrogen and oxygen atoms in total. The van der Waals surface area contributed by atoms with Gasteiger partial charge in [0.25, 0.3) is 0 Å². The molecule has 0 atom stereocenters. The molecule has 1 aliphatic heterocycles. The number of rotatable bonds is 1. The molecule has 0 amide bonds. The van der Waals surface area contributed by atoms with E-state index in [0.29, 0.717) is 5.01 Å². The topological polar surface area (TPSA) is 51.2 Å². The predicted octanol–water partition coefficient (Wildman–Crippen LogP) is 1.31. The summed E-state index contributed by atoms with van der Waals surface area (Å²) in [5.41, 5.74) is 1.03. The van der Waals surface area contributed by atoms with Crippen molar-refractivity contribution >= 4 is 17.3 Å². The number of thiazole rings is 1. The van der Waals surface area contributed by atoms with Crippen molar-refractivity contribution in [3.63, 3.8) is 0 Å². The largest absolute Gasteiger partial charge is 0.464 e. The molecule has 2 rings (SSSR count). The summed E-state index contributed by atoms with van der Waals surface area (Å²) in [5.74, 6) is -0.342. The molecule has 0 aromatic carbocycles. The van der Waals surface area contributed by atoms with Crippen molar-refractivity contribution in [2.24, 2.45) is 0 Å². The summed E-state index contributed by atoms with van der Waals surface area (Å²) in [4.78, 5) is 16.9. The summed E-state index contributed by atoms with van der Waals surface area (Å²) in [6.07, 6.45) is 0. The molecule has 15 heavy (non-hydrogen) atoms. The van der Waals surface area contributed by atoms with E-state index in [1.807, 2.05) is 0 Å². The van der Waals surface area contributed by atoms with Crippen LogP contribution >= 0.6 is 11.3 Å². The Kier molecular flexibility index (Phi) is 2.52. The van der Waals surface area contributed by atoms with Crippen molar-refractivity contribution in [3.05, 3.63) is 15.6 Å². The number of esters is 1. The van der Waals surface area contributed by atoms with Crippen molar-refractivity contribution < 1.29 is 9.53 Å². The van der Waals surface area contributed by atoms with Gasteiger partial charge in [-0.2, -0.15) is 0 Å². The first kappa shape index (κ1) is 10.6. The van der Waals surface area contributed by atoms with Gasteiger partial charge in [0.2, 0.25) is 5.01 Å². The Morgan fingerprint density at radius 1 is 1.60 bits per heavy atom. The second-order valence-corrected chi connectivity index (χ2v) is 5.35. The minimum Gasteiger partial charge on any atom is -0.464 e. The summed E-state index contributed by atoms with van der Waals surface area (Å²) in [7, 11) is 1.38. The Labute approximate surface area is 92.7 Å². The molecule has 0 spiro atoms. The second kappa shape index (κ2) is 3.57. The van der Waals surface area contributed by atoms with Gasteiger partial charge >= 0.3 is 5.97 Å². The Morgan fingerprint density at radius 2 is 2.33 bits per heavy atom. The molecule has 0 unspecified atom stereocenters. The van der Waals surface area contributed by atoms with Gasteiger partial charge in [0.05, 0.1) is 12.8 Å². The van der Waals surface area contributed by atoms with Crippen LogP contribution in [-0.2, 0) is 16.7 Å². The molecule has 0 radical (unpaired) electrons. The minimum absolute atomic E-state index is 0.00362. The van der Waals surface area contributed by atoms with Crippen LogP contribution in [0.25, 0.3) is 0 Å². The number of ether oxygens (including phenoxy) is 1. The van der Waals surface area contributed by atoms with Crippen molar-refractivity contribution in [2.75, 3.05) is 13.7 Å². The summed E-state index contributed by atoms with van der Waals surface area (Å²) in [6.45, 7) is 5.94. The first-order chi connectivity index (χ1) is 7.04. The quantitative estimate of drug-likeness (QED) is 0.734. The third-order valence-electron chi connectivity index (χ3n) is 2.55. The van der Waals surface area contributed by atoms with Crippen molar-refractivity contribution in [3.8, 4) is 0 Å². The molecule has 0 saturated carbocycles. The average Bonchev–Trinajstić information content (AvgIpc) is 2.61. The molecule has 0 saturated heterocycles. The van der Waals surface area contributed by atoms with Gasteiger partial charge in [0.15, 0.2) is 0 Å². The number of carbonyl (C=O) groups is 1.